The number of hydrogen-bond donors (Lipinski definition) is 2. The first-order valence-corrected chi connectivity index (χ1v) is 8.57. The van der Waals surface area contributed by atoms with Gasteiger partial charge in [0.15, 0.2) is 0 Å². The molecular weight excluding hydrogens is 370 g/mol. The van der Waals surface area contributed by atoms with Crippen LogP contribution in [0.5, 0.6) is 0 Å². The van der Waals surface area contributed by atoms with Gasteiger partial charge in [0.2, 0.25) is 5.91 Å². The van der Waals surface area contributed by atoms with Crippen molar-refractivity contribution in [2.75, 3.05) is 5.32 Å². The number of carbonyl (C=O) groups is 2. The minimum Gasteiger partial charge on any atom is -0.477 e. The molecule has 1 amide bonds. The molecule has 27 heavy (non-hydrogen) atoms. The standard InChI is InChI=1S/C18H18ClN5O3/c1-11-17(21-16(25)10-24-15(18(26)27)7-8-20-24)12(2)23(22-11)9-13-5-3-4-6-14(13)19/h3-8H,9-10H2,1-2H3,(H,21,25)(H,26,27). The predicted octanol–water partition coefficient (Wildman–Crippen LogP) is 2.74. The maximum absolute atomic E-state index is 12.4. The van der Waals surface area contributed by atoms with Gasteiger partial charge in [-0.3, -0.25) is 9.48 Å². The average Bonchev–Trinajstić information content (AvgIpc) is 3.17. The van der Waals surface area contributed by atoms with Gasteiger partial charge in [-0.1, -0.05) is 29.8 Å². The summed E-state index contributed by atoms with van der Waals surface area (Å²) in [5.74, 6) is -1.52. The smallest absolute Gasteiger partial charge is 0.354 e. The molecule has 2 heterocycles. The zero-order valence-electron chi connectivity index (χ0n) is 14.8. The summed E-state index contributed by atoms with van der Waals surface area (Å²) in [7, 11) is 0. The van der Waals surface area contributed by atoms with Crippen LogP contribution in [-0.2, 0) is 17.9 Å². The molecule has 0 aliphatic heterocycles. The zero-order chi connectivity index (χ0) is 19.6. The van der Waals surface area contributed by atoms with Crippen LogP contribution in [0.1, 0.15) is 27.4 Å². The Bertz CT molecular complexity index is 1010. The molecule has 0 bridgehead atoms. The fourth-order valence-electron chi connectivity index (χ4n) is 2.78. The Morgan fingerprint density at radius 2 is 1.93 bits per heavy atom. The molecule has 0 radical (unpaired) electrons. The predicted molar refractivity (Wildman–Crippen MR) is 100 cm³/mol. The SMILES string of the molecule is Cc1nn(Cc2ccccc2Cl)c(C)c1NC(=O)Cn1nccc1C(=O)O. The third kappa shape index (κ3) is 4.01. The number of amides is 1. The molecular formula is C18H18ClN5O3. The second-order valence-electron chi connectivity index (χ2n) is 6.02. The van der Waals surface area contributed by atoms with E-state index >= 15 is 0 Å². The Labute approximate surface area is 160 Å². The molecule has 0 aliphatic carbocycles. The number of anilines is 1. The topological polar surface area (TPSA) is 102 Å². The number of benzene rings is 1. The molecule has 9 heteroatoms. The fourth-order valence-corrected chi connectivity index (χ4v) is 2.97. The highest BCUT2D eigenvalue weighted by molar-refractivity contribution is 6.31. The summed E-state index contributed by atoms with van der Waals surface area (Å²) >= 11 is 6.21. The lowest BCUT2D eigenvalue weighted by molar-refractivity contribution is -0.116. The molecule has 0 spiro atoms. The number of aromatic carboxylic acids is 1. The molecule has 0 unspecified atom stereocenters. The highest BCUT2D eigenvalue weighted by Crippen LogP contribution is 2.22. The van der Waals surface area contributed by atoms with Crippen LogP contribution in [0.2, 0.25) is 5.02 Å². The fraction of sp³-hybridized carbons (Fsp3) is 0.222. The molecule has 2 aromatic heterocycles. The van der Waals surface area contributed by atoms with Crippen LogP contribution in [-0.4, -0.2) is 36.5 Å². The number of carboxylic acids is 1. The van der Waals surface area contributed by atoms with Crippen molar-refractivity contribution in [3.63, 3.8) is 0 Å². The van der Waals surface area contributed by atoms with Crippen LogP contribution in [0, 0.1) is 13.8 Å². The molecule has 1 aromatic carbocycles. The van der Waals surface area contributed by atoms with E-state index in [4.69, 9.17) is 16.7 Å². The molecule has 2 N–H and O–H groups in total. The quantitative estimate of drug-likeness (QED) is 0.677. The van der Waals surface area contributed by atoms with Crippen LogP contribution >= 0.6 is 11.6 Å². The van der Waals surface area contributed by atoms with Crippen molar-refractivity contribution in [3.05, 3.63) is 64.2 Å². The zero-order valence-corrected chi connectivity index (χ0v) is 15.6. The lowest BCUT2D eigenvalue weighted by atomic mass is 10.2. The Hall–Kier alpha value is -3.13. The van der Waals surface area contributed by atoms with Gasteiger partial charge in [-0.2, -0.15) is 10.2 Å². The van der Waals surface area contributed by atoms with Crippen molar-refractivity contribution in [2.45, 2.75) is 26.9 Å². The van der Waals surface area contributed by atoms with Gasteiger partial charge in [0.1, 0.15) is 12.2 Å². The molecule has 0 saturated heterocycles. The van der Waals surface area contributed by atoms with E-state index in [-0.39, 0.29) is 18.1 Å². The molecule has 0 fully saturated rings. The van der Waals surface area contributed by atoms with E-state index < -0.39 is 5.97 Å². The Morgan fingerprint density at radius 3 is 2.63 bits per heavy atom. The number of hydrogen-bond acceptors (Lipinski definition) is 4. The summed E-state index contributed by atoms with van der Waals surface area (Å²) in [4.78, 5) is 23.5. The number of rotatable bonds is 6. The third-order valence-corrected chi connectivity index (χ3v) is 4.52. The average molecular weight is 388 g/mol. The van der Waals surface area contributed by atoms with E-state index in [1.807, 2.05) is 31.2 Å². The first-order valence-electron chi connectivity index (χ1n) is 8.19. The normalized spacial score (nSPS) is 10.8. The van der Waals surface area contributed by atoms with Crippen molar-refractivity contribution in [2.24, 2.45) is 0 Å². The van der Waals surface area contributed by atoms with Crippen molar-refractivity contribution in [1.82, 2.24) is 19.6 Å². The number of aromatic nitrogens is 4. The van der Waals surface area contributed by atoms with E-state index in [1.165, 1.54) is 12.3 Å². The molecule has 140 valence electrons. The Morgan fingerprint density at radius 1 is 1.19 bits per heavy atom. The maximum atomic E-state index is 12.4. The van der Waals surface area contributed by atoms with E-state index in [0.29, 0.717) is 22.9 Å². The number of halogens is 1. The van der Waals surface area contributed by atoms with Gasteiger partial charge < -0.3 is 10.4 Å². The van der Waals surface area contributed by atoms with Crippen molar-refractivity contribution < 1.29 is 14.7 Å². The first-order chi connectivity index (χ1) is 12.9. The van der Waals surface area contributed by atoms with Gasteiger partial charge >= 0.3 is 5.97 Å². The maximum Gasteiger partial charge on any atom is 0.354 e. The molecule has 0 aliphatic rings. The molecule has 0 atom stereocenters. The molecule has 0 saturated carbocycles. The summed E-state index contributed by atoms with van der Waals surface area (Å²) in [6.07, 6.45) is 1.34. The second kappa shape index (κ2) is 7.63. The summed E-state index contributed by atoms with van der Waals surface area (Å²) in [5, 5.41) is 20.9. The van der Waals surface area contributed by atoms with Crippen LogP contribution in [0.4, 0.5) is 5.69 Å². The number of aryl methyl sites for hydroxylation is 1. The largest absolute Gasteiger partial charge is 0.477 e. The van der Waals surface area contributed by atoms with Crippen molar-refractivity contribution in [1.29, 1.82) is 0 Å². The van der Waals surface area contributed by atoms with Crippen LogP contribution in [0.25, 0.3) is 0 Å². The van der Waals surface area contributed by atoms with Gasteiger partial charge in [-0.05, 0) is 31.5 Å². The highest BCUT2D eigenvalue weighted by atomic mass is 35.5. The third-order valence-electron chi connectivity index (χ3n) is 4.15. The van der Waals surface area contributed by atoms with Gasteiger partial charge in [0.05, 0.1) is 23.6 Å². The van der Waals surface area contributed by atoms with E-state index in [9.17, 15) is 9.59 Å². The second-order valence-corrected chi connectivity index (χ2v) is 6.43. The first kappa shape index (κ1) is 18.7. The lowest BCUT2D eigenvalue weighted by Crippen LogP contribution is -2.22. The van der Waals surface area contributed by atoms with Crippen LogP contribution in [0.15, 0.2) is 36.5 Å². The minimum atomic E-state index is -1.14. The summed E-state index contributed by atoms with van der Waals surface area (Å²) in [6.45, 7) is 3.92. The number of nitrogens with zero attached hydrogens (tertiary/aromatic N) is 4. The molecule has 3 rings (SSSR count). The highest BCUT2D eigenvalue weighted by Gasteiger charge is 2.17. The minimum absolute atomic E-state index is 0.0481. The van der Waals surface area contributed by atoms with Crippen LogP contribution in [0.3, 0.4) is 0 Å². The summed E-state index contributed by atoms with van der Waals surface area (Å²) < 4.78 is 2.90. The van der Waals surface area contributed by atoms with Crippen LogP contribution < -0.4 is 5.32 Å². The Kier molecular flexibility index (Phi) is 5.27. The van der Waals surface area contributed by atoms with E-state index in [2.05, 4.69) is 15.5 Å². The van der Waals surface area contributed by atoms with Gasteiger partial charge in [0, 0.05) is 11.2 Å². The lowest BCUT2D eigenvalue weighted by Gasteiger charge is -2.09. The number of carboxylic acid groups (broad SMARTS) is 1. The number of carbonyl (C=O) groups excluding carboxylic acids is 1. The van der Waals surface area contributed by atoms with Crippen molar-refractivity contribution >= 4 is 29.2 Å². The molecule has 3 aromatic rings. The van der Waals surface area contributed by atoms with E-state index in [1.54, 1.807) is 11.6 Å². The Balaban J connectivity index is 1.76. The van der Waals surface area contributed by atoms with Gasteiger partial charge in [-0.15, -0.1) is 0 Å². The monoisotopic (exact) mass is 387 g/mol. The number of nitrogens with one attached hydrogen (secondary N) is 1. The van der Waals surface area contributed by atoms with Gasteiger partial charge in [0.25, 0.3) is 0 Å². The summed E-state index contributed by atoms with van der Waals surface area (Å²) in [6, 6.07) is 8.84. The van der Waals surface area contributed by atoms with Gasteiger partial charge in [-0.25, -0.2) is 9.48 Å². The molecule has 8 nitrogen and oxygen atoms in total. The summed E-state index contributed by atoms with van der Waals surface area (Å²) in [5.41, 5.74) is 2.90. The van der Waals surface area contributed by atoms with E-state index in [0.717, 1.165) is 15.9 Å². The van der Waals surface area contributed by atoms with Crippen molar-refractivity contribution in [3.8, 4) is 0 Å².